The maximum atomic E-state index is 12.2. The molecule has 19 heavy (non-hydrogen) atoms. The van der Waals surface area contributed by atoms with Crippen molar-refractivity contribution in [3.05, 3.63) is 33.3 Å². The lowest BCUT2D eigenvalue weighted by molar-refractivity contribution is -0.137. The number of rotatable bonds is 6. The van der Waals surface area contributed by atoms with Crippen LogP contribution in [0.1, 0.15) is 10.4 Å². The number of carbonyl (C=O) groups excluding carboxylic acids is 1. The Kier molecular flexibility index (Phi) is 6.27. The number of halogens is 2. The third kappa shape index (κ3) is 4.81. The smallest absolute Gasteiger partial charge is 0.323 e. The Morgan fingerprint density at radius 3 is 2.68 bits per heavy atom. The largest absolute Gasteiger partial charge is 0.480 e. The van der Waals surface area contributed by atoms with Gasteiger partial charge < -0.3 is 14.7 Å². The first-order valence-corrected chi connectivity index (χ1v) is 6.58. The van der Waals surface area contributed by atoms with Crippen LogP contribution in [0.25, 0.3) is 0 Å². The van der Waals surface area contributed by atoms with Crippen LogP contribution in [0.3, 0.4) is 0 Å². The maximum absolute atomic E-state index is 12.2. The minimum Gasteiger partial charge on any atom is -0.480 e. The Hall–Kier alpha value is -1.11. The predicted molar refractivity (Wildman–Crippen MR) is 74.6 cm³/mol. The maximum Gasteiger partial charge on any atom is 0.323 e. The Bertz CT molecular complexity index is 481. The van der Waals surface area contributed by atoms with Crippen molar-refractivity contribution in [2.75, 3.05) is 26.8 Å². The second-order valence-corrected chi connectivity index (χ2v) is 5.00. The minimum atomic E-state index is -1.08. The lowest BCUT2D eigenvalue weighted by Gasteiger charge is -2.20. The molecule has 0 atom stereocenters. The van der Waals surface area contributed by atoms with Gasteiger partial charge in [-0.25, -0.2) is 0 Å². The molecule has 0 aliphatic heterocycles. The van der Waals surface area contributed by atoms with E-state index in [1.165, 1.54) is 18.1 Å². The van der Waals surface area contributed by atoms with Gasteiger partial charge in [0.05, 0.1) is 11.6 Å². The molecule has 0 aliphatic rings. The van der Waals surface area contributed by atoms with Crippen molar-refractivity contribution in [2.45, 2.75) is 0 Å². The molecule has 7 heteroatoms. The van der Waals surface area contributed by atoms with Gasteiger partial charge in [-0.05, 0) is 34.1 Å². The SMILES string of the molecule is COCCN(CC(=O)O)C(=O)c1ccc(Br)c(Cl)c1. The number of carboxylic acid groups (broad SMARTS) is 1. The lowest BCUT2D eigenvalue weighted by atomic mass is 10.2. The summed E-state index contributed by atoms with van der Waals surface area (Å²) in [5.74, 6) is -1.47. The average molecular weight is 351 g/mol. The van der Waals surface area contributed by atoms with E-state index in [0.717, 1.165) is 0 Å². The lowest BCUT2D eigenvalue weighted by Crippen LogP contribution is -2.38. The molecule has 1 amide bonds. The fourth-order valence-electron chi connectivity index (χ4n) is 1.43. The van der Waals surface area contributed by atoms with Crippen molar-refractivity contribution >= 4 is 39.4 Å². The van der Waals surface area contributed by atoms with Crippen LogP contribution in [-0.2, 0) is 9.53 Å². The minimum absolute atomic E-state index is 0.204. The van der Waals surface area contributed by atoms with Gasteiger partial charge in [-0.1, -0.05) is 11.6 Å². The van der Waals surface area contributed by atoms with Crippen LogP contribution in [-0.4, -0.2) is 48.7 Å². The van der Waals surface area contributed by atoms with E-state index >= 15 is 0 Å². The van der Waals surface area contributed by atoms with E-state index < -0.39 is 11.9 Å². The molecule has 1 N–H and O–H groups in total. The summed E-state index contributed by atoms with van der Waals surface area (Å²) in [5.41, 5.74) is 0.338. The number of aliphatic carboxylic acids is 1. The second kappa shape index (κ2) is 7.47. The Balaban J connectivity index is 2.90. The highest BCUT2D eigenvalue weighted by molar-refractivity contribution is 9.10. The van der Waals surface area contributed by atoms with Crippen LogP contribution in [0.4, 0.5) is 0 Å². The van der Waals surface area contributed by atoms with Crippen LogP contribution in [0, 0.1) is 0 Å². The topological polar surface area (TPSA) is 66.8 Å². The van der Waals surface area contributed by atoms with Crippen molar-refractivity contribution < 1.29 is 19.4 Å². The zero-order valence-electron chi connectivity index (χ0n) is 10.2. The molecular formula is C12H13BrClNO4. The predicted octanol–water partition coefficient (Wildman–Crippen LogP) is 2.28. The number of carbonyl (C=O) groups is 2. The molecule has 0 unspecified atom stereocenters. The van der Waals surface area contributed by atoms with Crippen LogP contribution in [0.5, 0.6) is 0 Å². The molecule has 0 saturated heterocycles. The van der Waals surface area contributed by atoms with Crippen molar-refractivity contribution in [3.8, 4) is 0 Å². The molecule has 0 bridgehead atoms. The van der Waals surface area contributed by atoms with Gasteiger partial charge in [0.2, 0.25) is 0 Å². The van der Waals surface area contributed by atoms with Crippen LogP contribution >= 0.6 is 27.5 Å². The third-order valence-electron chi connectivity index (χ3n) is 2.35. The summed E-state index contributed by atoms with van der Waals surface area (Å²) in [6.45, 7) is 0.0917. The highest BCUT2D eigenvalue weighted by Crippen LogP contribution is 2.23. The summed E-state index contributed by atoms with van der Waals surface area (Å²) in [6, 6.07) is 4.72. The molecule has 1 aromatic rings. The van der Waals surface area contributed by atoms with Crippen molar-refractivity contribution in [2.24, 2.45) is 0 Å². The quantitative estimate of drug-likeness (QED) is 0.855. The molecule has 0 saturated carbocycles. The van der Waals surface area contributed by atoms with E-state index in [1.54, 1.807) is 12.1 Å². The van der Waals surface area contributed by atoms with Gasteiger partial charge in [0.1, 0.15) is 6.54 Å². The fourth-order valence-corrected chi connectivity index (χ4v) is 1.86. The number of ether oxygens (including phenoxy) is 1. The van der Waals surface area contributed by atoms with Crippen LogP contribution < -0.4 is 0 Å². The van der Waals surface area contributed by atoms with Gasteiger partial charge in [0.15, 0.2) is 0 Å². The first-order valence-electron chi connectivity index (χ1n) is 5.40. The third-order valence-corrected chi connectivity index (χ3v) is 3.58. The number of methoxy groups -OCH3 is 1. The monoisotopic (exact) mass is 349 g/mol. The summed E-state index contributed by atoms with van der Waals surface area (Å²) >= 11 is 9.14. The molecule has 5 nitrogen and oxygen atoms in total. The van der Waals surface area contributed by atoms with E-state index in [2.05, 4.69) is 15.9 Å². The molecule has 104 valence electrons. The molecule has 0 fully saturated rings. The number of amides is 1. The molecule has 0 spiro atoms. The van der Waals surface area contributed by atoms with Gasteiger partial charge in [-0.15, -0.1) is 0 Å². The van der Waals surface area contributed by atoms with Gasteiger partial charge >= 0.3 is 5.97 Å². The van der Waals surface area contributed by atoms with Crippen molar-refractivity contribution in [1.29, 1.82) is 0 Å². The summed E-state index contributed by atoms with van der Waals surface area (Å²) in [4.78, 5) is 24.1. The molecule has 1 rings (SSSR count). The van der Waals surface area contributed by atoms with Gasteiger partial charge in [-0.3, -0.25) is 9.59 Å². The van der Waals surface area contributed by atoms with Crippen LogP contribution in [0.15, 0.2) is 22.7 Å². The number of hydrogen-bond acceptors (Lipinski definition) is 3. The van der Waals surface area contributed by atoms with Gasteiger partial charge in [-0.2, -0.15) is 0 Å². The van der Waals surface area contributed by atoms with E-state index in [-0.39, 0.29) is 19.7 Å². The Morgan fingerprint density at radius 1 is 1.47 bits per heavy atom. The van der Waals surface area contributed by atoms with E-state index in [4.69, 9.17) is 21.4 Å². The number of hydrogen-bond donors (Lipinski definition) is 1. The number of carboxylic acids is 1. The van der Waals surface area contributed by atoms with Gasteiger partial charge in [0.25, 0.3) is 5.91 Å². The number of nitrogens with zero attached hydrogens (tertiary/aromatic N) is 1. The molecule has 0 heterocycles. The summed E-state index contributed by atoms with van der Waals surface area (Å²) in [5, 5.41) is 9.21. The summed E-state index contributed by atoms with van der Waals surface area (Å²) < 4.78 is 5.54. The van der Waals surface area contributed by atoms with Crippen LogP contribution in [0.2, 0.25) is 5.02 Å². The van der Waals surface area contributed by atoms with E-state index in [0.29, 0.717) is 15.1 Å². The normalized spacial score (nSPS) is 10.3. The molecule has 0 aliphatic carbocycles. The standard InChI is InChI=1S/C12H13BrClNO4/c1-19-5-4-15(7-11(16)17)12(18)8-2-3-9(13)10(14)6-8/h2-3,6H,4-5,7H2,1H3,(H,16,17). The molecule has 1 aromatic carbocycles. The first kappa shape index (κ1) is 15.9. The number of benzene rings is 1. The Labute approximate surface area is 124 Å². The van der Waals surface area contributed by atoms with Crippen molar-refractivity contribution in [3.63, 3.8) is 0 Å². The first-order chi connectivity index (χ1) is 8.95. The molecular weight excluding hydrogens is 337 g/mol. The van der Waals surface area contributed by atoms with E-state index in [1.807, 2.05) is 0 Å². The summed E-state index contributed by atoms with van der Waals surface area (Å²) in [7, 11) is 1.49. The molecule has 0 aromatic heterocycles. The Morgan fingerprint density at radius 2 is 2.16 bits per heavy atom. The fraction of sp³-hybridized carbons (Fsp3) is 0.333. The zero-order valence-corrected chi connectivity index (χ0v) is 12.6. The molecule has 0 radical (unpaired) electrons. The summed E-state index contributed by atoms with van der Waals surface area (Å²) in [6.07, 6.45) is 0. The van der Waals surface area contributed by atoms with Gasteiger partial charge in [0, 0.05) is 23.7 Å². The highest BCUT2D eigenvalue weighted by atomic mass is 79.9. The average Bonchev–Trinajstić information content (AvgIpc) is 2.36. The second-order valence-electron chi connectivity index (χ2n) is 3.74. The zero-order chi connectivity index (χ0) is 14.4. The van der Waals surface area contributed by atoms with E-state index in [9.17, 15) is 9.59 Å². The highest BCUT2D eigenvalue weighted by Gasteiger charge is 2.18. The van der Waals surface area contributed by atoms with Crippen molar-refractivity contribution in [1.82, 2.24) is 4.90 Å².